The van der Waals surface area contributed by atoms with Crippen LogP contribution in [0.1, 0.15) is 46.5 Å². The molecule has 4 amide bonds. The molecule has 0 bridgehead atoms. The van der Waals surface area contributed by atoms with Crippen molar-refractivity contribution in [1.29, 1.82) is 0 Å². The first-order chi connectivity index (χ1) is 11.2. The van der Waals surface area contributed by atoms with E-state index in [1.807, 2.05) is 13.8 Å². The molecule has 1 aliphatic heterocycles. The maximum absolute atomic E-state index is 12.4. The minimum absolute atomic E-state index is 0.283. The Hall–Kier alpha value is -2.12. The number of imide groups is 1. The largest absolute Gasteiger partial charge is 0.451 e. The molecule has 2 rings (SSSR count). The van der Waals surface area contributed by atoms with E-state index in [4.69, 9.17) is 4.74 Å². The van der Waals surface area contributed by atoms with Crippen molar-refractivity contribution in [3.8, 4) is 0 Å². The minimum Gasteiger partial charge on any atom is -0.451 e. The highest BCUT2D eigenvalue weighted by Crippen LogP contribution is 2.34. The number of amides is 4. The second-order valence-electron chi connectivity index (χ2n) is 6.88. The number of nitrogens with one attached hydrogen (secondary N) is 2. The first-order valence-electron chi connectivity index (χ1n) is 8.36. The lowest BCUT2D eigenvalue weighted by molar-refractivity contribution is -0.156. The first-order valence-corrected chi connectivity index (χ1v) is 8.36. The molecular weight excluding hydrogens is 314 g/mol. The smallest absolute Gasteiger partial charge is 0.327 e. The number of hydrogen-bond acceptors (Lipinski definition) is 5. The van der Waals surface area contributed by atoms with Crippen LogP contribution in [-0.2, 0) is 19.1 Å². The maximum Gasteiger partial charge on any atom is 0.327 e. The molecule has 0 unspecified atom stereocenters. The summed E-state index contributed by atoms with van der Waals surface area (Å²) in [6.45, 7) is 5.36. The van der Waals surface area contributed by atoms with E-state index in [0.717, 1.165) is 17.7 Å². The maximum atomic E-state index is 12.4. The number of rotatable bonds is 6. The molecule has 1 aliphatic carbocycles. The number of carbonyl (C=O) groups excluding carboxylic acids is 4. The topological polar surface area (TPSA) is 105 Å². The fraction of sp³-hybridized carbons (Fsp3) is 0.750. The molecule has 0 radical (unpaired) electrons. The molecule has 1 saturated heterocycles. The fourth-order valence-electron chi connectivity index (χ4n) is 3.00. The third kappa shape index (κ3) is 3.85. The van der Waals surface area contributed by atoms with E-state index < -0.39 is 36.1 Å². The number of nitrogens with zero attached hydrogens (tertiary/aromatic N) is 1. The predicted octanol–water partition coefficient (Wildman–Crippen LogP) is 0.555. The number of urea groups is 1. The van der Waals surface area contributed by atoms with Crippen molar-refractivity contribution < 1.29 is 23.9 Å². The molecule has 0 aromatic carbocycles. The van der Waals surface area contributed by atoms with Gasteiger partial charge in [-0.25, -0.2) is 4.79 Å². The second kappa shape index (κ2) is 7.19. The normalized spacial score (nSPS) is 20.4. The van der Waals surface area contributed by atoms with Crippen LogP contribution in [0.3, 0.4) is 0 Å². The molecule has 1 atom stereocenters. The highest BCUT2D eigenvalue weighted by atomic mass is 16.5. The van der Waals surface area contributed by atoms with Crippen LogP contribution in [0, 0.1) is 5.92 Å². The third-order valence-corrected chi connectivity index (χ3v) is 4.35. The van der Waals surface area contributed by atoms with Crippen molar-refractivity contribution in [2.24, 2.45) is 5.92 Å². The van der Waals surface area contributed by atoms with E-state index in [1.54, 1.807) is 0 Å². The Morgan fingerprint density at radius 3 is 2.46 bits per heavy atom. The van der Waals surface area contributed by atoms with Crippen LogP contribution >= 0.6 is 0 Å². The van der Waals surface area contributed by atoms with Gasteiger partial charge in [-0.1, -0.05) is 26.7 Å². The molecule has 24 heavy (non-hydrogen) atoms. The highest BCUT2D eigenvalue weighted by Gasteiger charge is 2.52. The Morgan fingerprint density at radius 1 is 1.25 bits per heavy atom. The van der Waals surface area contributed by atoms with Gasteiger partial charge >= 0.3 is 12.0 Å². The average Bonchev–Trinajstić information content (AvgIpc) is 3.06. The summed E-state index contributed by atoms with van der Waals surface area (Å²) in [6, 6.07) is -0.573. The molecule has 0 aromatic rings. The SMILES string of the molecule is CC(C)CNC(=O)[C@H](C)OC(=O)CN1C(=O)NC2(CCCC2)C1=O. The van der Waals surface area contributed by atoms with Crippen molar-refractivity contribution in [2.45, 2.75) is 58.1 Å². The Bertz CT molecular complexity index is 540. The van der Waals surface area contributed by atoms with E-state index in [1.165, 1.54) is 6.92 Å². The zero-order chi connectivity index (χ0) is 17.9. The summed E-state index contributed by atoms with van der Waals surface area (Å²) in [7, 11) is 0. The molecule has 8 nitrogen and oxygen atoms in total. The van der Waals surface area contributed by atoms with Crippen LogP contribution in [0.25, 0.3) is 0 Å². The molecule has 0 aromatic heterocycles. The van der Waals surface area contributed by atoms with Crippen LogP contribution in [0.2, 0.25) is 0 Å². The molecule has 1 saturated carbocycles. The van der Waals surface area contributed by atoms with Crippen molar-refractivity contribution >= 4 is 23.8 Å². The Morgan fingerprint density at radius 2 is 1.88 bits per heavy atom. The molecule has 2 fully saturated rings. The number of hydrogen-bond donors (Lipinski definition) is 2. The van der Waals surface area contributed by atoms with Gasteiger partial charge in [0, 0.05) is 6.54 Å². The molecule has 2 aliphatic rings. The van der Waals surface area contributed by atoms with E-state index in [0.29, 0.717) is 19.4 Å². The quantitative estimate of drug-likeness (QED) is 0.543. The van der Waals surface area contributed by atoms with Gasteiger partial charge in [0.05, 0.1) is 0 Å². The Balaban J connectivity index is 1.87. The van der Waals surface area contributed by atoms with Crippen molar-refractivity contribution in [2.75, 3.05) is 13.1 Å². The number of carbonyl (C=O) groups is 4. The molecule has 1 spiro atoms. The van der Waals surface area contributed by atoms with Gasteiger partial charge in [-0.3, -0.25) is 19.3 Å². The van der Waals surface area contributed by atoms with Gasteiger partial charge < -0.3 is 15.4 Å². The zero-order valence-corrected chi connectivity index (χ0v) is 14.4. The Kier molecular flexibility index (Phi) is 5.46. The lowest BCUT2D eigenvalue weighted by Gasteiger charge is -2.20. The summed E-state index contributed by atoms with van der Waals surface area (Å²) in [4.78, 5) is 49.1. The first kappa shape index (κ1) is 18.2. The number of esters is 1. The zero-order valence-electron chi connectivity index (χ0n) is 14.4. The lowest BCUT2D eigenvalue weighted by atomic mass is 9.98. The van der Waals surface area contributed by atoms with Crippen molar-refractivity contribution in [3.63, 3.8) is 0 Å². The Labute approximate surface area is 141 Å². The van der Waals surface area contributed by atoms with Gasteiger partial charge in [-0.05, 0) is 25.7 Å². The predicted molar refractivity (Wildman–Crippen MR) is 84.8 cm³/mol. The summed E-state index contributed by atoms with van der Waals surface area (Å²) in [5.74, 6) is -1.27. The second-order valence-corrected chi connectivity index (χ2v) is 6.88. The average molecular weight is 339 g/mol. The summed E-state index contributed by atoms with van der Waals surface area (Å²) in [5, 5.41) is 5.36. The summed E-state index contributed by atoms with van der Waals surface area (Å²) in [6.07, 6.45) is 1.96. The van der Waals surface area contributed by atoms with Crippen molar-refractivity contribution in [1.82, 2.24) is 15.5 Å². The van der Waals surface area contributed by atoms with E-state index in [-0.39, 0.29) is 11.8 Å². The van der Waals surface area contributed by atoms with Crippen molar-refractivity contribution in [3.05, 3.63) is 0 Å². The van der Waals surface area contributed by atoms with Gasteiger partial charge in [0.25, 0.3) is 11.8 Å². The third-order valence-electron chi connectivity index (χ3n) is 4.35. The van der Waals surface area contributed by atoms with Crippen LogP contribution in [0.5, 0.6) is 0 Å². The van der Waals surface area contributed by atoms with Crippen LogP contribution in [0.4, 0.5) is 4.79 Å². The summed E-state index contributed by atoms with van der Waals surface area (Å²) >= 11 is 0. The molecule has 134 valence electrons. The molecule has 1 heterocycles. The standard InChI is InChI=1S/C16H25N3O5/c1-10(2)8-17-13(21)11(3)24-12(20)9-19-14(22)16(18-15(19)23)6-4-5-7-16/h10-11H,4-9H2,1-3H3,(H,17,21)(H,18,23)/t11-/m0/s1. The van der Waals surface area contributed by atoms with Gasteiger partial charge in [-0.15, -0.1) is 0 Å². The van der Waals surface area contributed by atoms with E-state index in [9.17, 15) is 19.2 Å². The molecular formula is C16H25N3O5. The monoisotopic (exact) mass is 339 g/mol. The van der Waals surface area contributed by atoms with Gasteiger partial charge in [0.2, 0.25) is 0 Å². The van der Waals surface area contributed by atoms with Crippen LogP contribution in [-0.4, -0.2) is 53.4 Å². The minimum atomic E-state index is -0.975. The number of ether oxygens (including phenoxy) is 1. The van der Waals surface area contributed by atoms with Gasteiger partial charge in [0.1, 0.15) is 12.1 Å². The summed E-state index contributed by atoms with van der Waals surface area (Å²) in [5.41, 5.74) is -0.850. The van der Waals surface area contributed by atoms with Crippen LogP contribution in [0.15, 0.2) is 0 Å². The molecule has 2 N–H and O–H groups in total. The van der Waals surface area contributed by atoms with E-state index >= 15 is 0 Å². The molecule has 8 heteroatoms. The highest BCUT2D eigenvalue weighted by molar-refractivity contribution is 6.08. The van der Waals surface area contributed by atoms with Gasteiger partial charge in [0.15, 0.2) is 6.10 Å². The fourth-order valence-corrected chi connectivity index (χ4v) is 3.00. The summed E-state index contributed by atoms with van der Waals surface area (Å²) < 4.78 is 5.03. The van der Waals surface area contributed by atoms with E-state index in [2.05, 4.69) is 10.6 Å². The van der Waals surface area contributed by atoms with Gasteiger partial charge in [-0.2, -0.15) is 0 Å². The lowest BCUT2D eigenvalue weighted by Crippen LogP contribution is -2.45. The van der Waals surface area contributed by atoms with Crippen LogP contribution < -0.4 is 10.6 Å².